The Kier molecular flexibility index (Phi) is 3.73. The van der Waals surface area contributed by atoms with Gasteiger partial charge in [-0.1, -0.05) is 30.3 Å². The van der Waals surface area contributed by atoms with Gasteiger partial charge in [0.1, 0.15) is 6.61 Å². The summed E-state index contributed by atoms with van der Waals surface area (Å²) >= 11 is 0. The maximum atomic E-state index is 12.6. The summed E-state index contributed by atoms with van der Waals surface area (Å²) in [7, 11) is 1.80. The van der Waals surface area contributed by atoms with Crippen molar-refractivity contribution >= 4 is 5.91 Å². The van der Waals surface area contributed by atoms with Crippen LogP contribution in [0.1, 0.15) is 40.4 Å². The normalized spacial score (nSPS) is 25.3. The number of amides is 1. The second kappa shape index (κ2) is 5.91. The van der Waals surface area contributed by atoms with Crippen LogP contribution in [-0.2, 0) is 6.61 Å². The van der Waals surface area contributed by atoms with E-state index in [2.05, 4.69) is 4.98 Å². The molecule has 0 spiro atoms. The number of fused-ring (bicyclic) bond motifs is 4. The summed E-state index contributed by atoms with van der Waals surface area (Å²) in [5.41, 5.74) is 2.31. The number of aromatic nitrogens is 1. The van der Waals surface area contributed by atoms with Crippen molar-refractivity contribution in [1.29, 1.82) is 0 Å². The minimum Gasteiger partial charge on any atom is -0.473 e. The molecule has 1 aromatic carbocycles. The van der Waals surface area contributed by atoms with Crippen LogP contribution in [0.2, 0.25) is 0 Å². The standard InChI is InChI=1S/C19H20N2O3/c1-21-13-9-15(16(22)10-13)18-14(19(21)23)7-8-17(20-18)24-11-12-5-3-2-4-6-12/h2-8,13,15-16,22H,9-11H2,1H3. The van der Waals surface area contributed by atoms with Gasteiger partial charge in [-0.25, -0.2) is 4.98 Å². The van der Waals surface area contributed by atoms with E-state index in [9.17, 15) is 9.90 Å². The molecule has 2 bridgehead atoms. The predicted molar refractivity (Wildman–Crippen MR) is 88.9 cm³/mol. The van der Waals surface area contributed by atoms with Gasteiger partial charge in [0.2, 0.25) is 5.88 Å². The van der Waals surface area contributed by atoms with E-state index < -0.39 is 6.10 Å². The van der Waals surface area contributed by atoms with E-state index in [1.165, 1.54) is 0 Å². The van der Waals surface area contributed by atoms with Gasteiger partial charge in [-0.2, -0.15) is 0 Å². The number of aliphatic hydroxyl groups is 1. The van der Waals surface area contributed by atoms with Crippen molar-refractivity contribution in [3.05, 3.63) is 59.3 Å². The molecule has 2 aromatic rings. The number of aliphatic hydroxyl groups excluding tert-OH is 1. The summed E-state index contributed by atoms with van der Waals surface area (Å²) in [6.07, 6.45) is 0.912. The zero-order valence-corrected chi connectivity index (χ0v) is 13.6. The van der Waals surface area contributed by atoms with E-state index in [1.54, 1.807) is 24.1 Å². The SMILES string of the molecule is CN1C(=O)c2ccc(OCc3ccccc3)nc2C2CC1CC2O. The monoisotopic (exact) mass is 324 g/mol. The Balaban J connectivity index is 1.63. The van der Waals surface area contributed by atoms with Crippen LogP contribution in [0.25, 0.3) is 0 Å². The second-order valence-electron chi connectivity index (χ2n) is 6.57. The van der Waals surface area contributed by atoms with Crippen LogP contribution in [0.4, 0.5) is 0 Å². The first-order valence-electron chi connectivity index (χ1n) is 8.26. The van der Waals surface area contributed by atoms with Crippen molar-refractivity contribution in [2.75, 3.05) is 7.05 Å². The van der Waals surface area contributed by atoms with E-state index in [0.717, 1.165) is 12.0 Å². The first kappa shape index (κ1) is 15.1. The predicted octanol–water partition coefficient (Wildman–Crippen LogP) is 2.35. The summed E-state index contributed by atoms with van der Waals surface area (Å²) < 4.78 is 5.79. The van der Waals surface area contributed by atoms with E-state index in [0.29, 0.717) is 30.2 Å². The molecule has 1 N–H and O–H groups in total. The van der Waals surface area contributed by atoms with E-state index in [4.69, 9.17) is 4.74 Å². The molecule has 124 valence electrons. The van der Waals surface area contributed by atoms with Crippen molar-refractivity contribution in [3.63, 3.8) is 0 Å². The molecule has 0 saturated heterocycles. The van der Waals surface area contributed by atoms with Gasteiger partial charge in [0, 0.05) is 25.1 Å². The van der Waals surface area contributed by atoms with Crippen molar-refractivity contribution in [2.24, 2.45) is 0 Å². The fourth-order valence-corrected chi connectivity index (χ4v) is 3.69. The Bertz CT molecular complexity index is 762. The van der Waals surface area contributed by atoms with Gasteiger partial charge in [-0.15, -0.1) is 0 Å². The fraction of sp³-hybridized carbons (Fsp3) is 0.368. The van der Waals surface area contributed by atoms with Gasteiger partial charge in [-0.05, 0) is 24.5 Å². The van der Waals surface area contributed by atoms with Crippen LogP contribution >= 0.6 is 0 Å². The van der Waals surface area contributed by atoms with Crippen molar-refractivity contribution in [2.45, 2.75) is 37.5 Å². The highest BCUT2D eigenvalue weighted by atomic mass is 16.5. The van der Waals surface area contributed by atoms with E-state index in [-0.39, 0.29) is 17.9 Å². The highest BCUT2D eigenvalue weighted by Gasteiger charge is 2.43. The average molecular weight is 324 g/mol. The van der Waals surface area contributed by atoms with Gasteiger partial charge in [-0.3, -0.25) is 4.79 Å². The Hall–Kier alpha value is -2.40. The molecule has 0 radical (unpaired) electrons. The summed E-state index contributed by atoms with van der Waals surface area (Å²) in [6, 6.07) is 13.5. The molecule has 24 heavy (non-hydrogen) atoms. The molecule has 1 fully saturated rings. The molecule has 4 rings (SSSR count). The molecule has 5 nitrogen and oxygen atoms in total. The van der Waals surface area contributed by atoms with Crippen molar-refractivity contribution < 1.29 is 14.6 Å². The quantitative estimate of drug-likeness (QED) is 0.941. The van der Waals surface area contributed by atoms with Gasteiger partial charge in [0.05, 0.1) is 17.4 Å². The minimum absolute atomic E-state index is 0.0218. The number of pyridine rings is 1. The van der Waals surface area contributed by atoms with Gasteiger partial charge in [0.15, 0.2) is 0 Å². The average Bonchev–Trinajstić information content (AvgIpc) is 2.97. The topological polar surface area (TPSA) is 62.7 Å². The summed E-state index contributed by atoms with van der Waals surface area (Å²) in [5, 5.41) is 10.4. The maximum absolute atomic E-state index is 12.6. The maximum Gasteiger partial charge on any atom is 0.255 e. The fourth-order valence-electron chi connectivity index (χ4n) is 3.69. The number of rotatable bonds is 3. The number of hydrogen-bond donors (Lipinski definition) is 1. The minimum atomic E-state index is -0.457. The number of carbonyl (C=O) groups excluding carboxylic acids is 1. The Morgan fingerprint density at radius 2 is 2.00 bits per heavy atom. The molecule has 1 amide bonds. The van der Waals surface area contributed by atoms with E-state index >= 15 is 0 Å². The zero-order chi connectivity index (χ0) is 16.7. The molecule has 2 heterocycles. The van der Waals surface area contributed by atoms with Crippen molar-refractivity contribution in [3.8, 4) is 5.88 Å². The van der Waals surface area contributed by atoms with Crippen LogP contribution in [0.15, 0.2) is 42.5 Å². The molecule has 3 unspecified atom stereocenters. The van der Waals surface area contributed by atoms with Crippen molar-refractivity contribution in [1.82, 2.24) is 9.88 Å². The third-order valence-corrected chi connectivity index (χ3v) is 5.08. The largest absolute Gasteiger partial charge is 0.473 e. The number of nitrogens with zero attached hydrogens (tertiary/aromatic N) is 2. The van der Waals surface area contributed by atoms with Gasteiger partial charge in [0.25, 0.3) is 5.91 Å². The molecule has 2 aliphatic rings. The smallest absolute Gasteiger partial charge is 0.255 e. The third kappa shape index (κ3) is 2.55. The molecular formula is C19H20N2O3. The van der Waals surface area contributed by atoms with Gasteiger partial charge >= 0.3 is 0 Å². The number of hydrogen-bond acceptors (Lipinski definition) is 4. The third-order valence-electron chi connectivity index (χ3n) is 5.08. The zero-order valence-electron chi connectivity index (χ0n) is 13.6. The molecule has 1 aliphatic carbocycles. The molecule has 1 aromatic heterocycles. The van der Waals surface area contributed by atoms with Crippen LogP contribution in [0.3, 0.4) is 0 Å². The summed E-state index contributed by atoms with van der Waals surface area (Å²) in [4.78, 5) is 18.9. The van der Waals surface area contributed by atoms with E-state index in [1.807, 2.05) is 30.3 Å². The van der Waals surface area contributed by atoms with Crippen LogP contribution in [-0.4, -0.2) is 40.1 Å². The lowest BCUT2D eigenvalue weighted by Gasteiger charge is -2.24. The molecule has 1 saturated carbocycles. The van der Waals surface area contributed by atoms with Crippen LogP contribution in [0, 0.1) is 0 Å². The molecule has 1 aliphatic heterocycles. The number of benzene rings is 1. The molecular weight excluding hydrogens is 304 g/mol. The van der Waals surface area contributed by atoms with Gasteiger partial charge < -0.3 is 14.7 Å². The Labute approximate surface area is 140 Å². The lowest BCUT2D eigenvalue weighted by molar-refractivity contribution is 0.0714. The Morgan fingerprint density at radius 1 is 1.21 bits per heavy atom. The number of carbonyl (C=O) groups is 1. The number of ether oxygens (including phenoxy) is 1. The lowest BCUT2D eigenvalue weighted by atomic mass is 9.97. The molecule has 5 heteroatoms. The highest BCUT2D eigenvalue weighted by Crippen LogP contribution is 2.41. The second-order valence-corrected chi connectivity index (χ2v) is 6.57. The lowest BCUT2D eigenvalue weighted by Crippen LogP contribution is -2.36. The highest BCUT2D eigenvalue weighted by molar-refractivity contribution is 5.96. The first-order valence-corrected chi connectivity index (χ1v) is 8.26. The first-order chi connectivity index (χ1) is 11.6. The van der Waals surface area contributed by atoms with Crippen LogP contribution < -0.4 is 4.74 Å². The summed E-state index contributed by atoms with van der Waals surface area (Å²) in [5.74, 6) is 0.372. The molecule has 3 atom stereocenters. The van der Waals surface area contributed by atoms with Crippen LogP contribution in [0.5, 0.6) is 5.88 Å². The Morgan fingerprint density at radius 3 is 2.79 bits per heavy atom. The summed E-state index contributed by atoms with van der Waals surface area (Å²) in [6.45, 7) is 0.427.